The van der Waals surface area contributed by atoms with Crippen LogP contribution >= 0.6 is 11.8 Å². The Kier molecular flexibility index (Phi) is 4.45. The molecule has 0 amide bonds. The van der Waals surface area contributed by atoms with E-state index in [1.807, 2.05) is 0 Å². The van der Waals surface area contributed by atoms with E-state index in [0.29, 0.717) is 10.6 Å². The zero-order valence-electron chi connectivity index (χ0n) is 9.85. The SMILES string of the molecule is COc1cc(O)ccc1S/C(C(C)=O)=C(\C)O. The second-order valence-corrected chi connectivity index (χ2v) is 4.46. The molecule has 17 heavy (non-hydrogen) atoms. The lowest BCUT2D eigenvalue weighted by Gasteiger charge is -2.09. The molecule has 1 aromatic rings. The highest BCUT2D eigenvalue weighted by atomic mass is 32.2. The second-order valence-electron chi connectivity index (χ2n) is 3.41. The van der Waals surface area contributed by atoms with Gasteiger partial charge in [-0.3, -0.25) is 4.79 Å². The summed E-state index contributed by atoms with van der Waals surface area (Å²) in [5, 5.41) is 18.7. The van der Waals surface area contributed by atoms with Crippen molar-refractivity contribution >= 4 is 17.5 Å². The molecule has 92 valence electrons. The van der Waals surface area contributed by atoms with Crippen LogP contribution < -0.4 is 4.74 Å². The molecule has 0 unspecified atom stereocenters. The van der Waals surface area contributed by atoms with Crippen molar-refractivity contribution < 1.29 is 19.7 Å². The van der Waals surface area contributed by atoms with Crippen molar-refractivity contribution in [3.05, 3.63) is 28.9 Å². The van der Waals surface area contributed by atoms with E-state index in [-0.39, 0.29) is 22.2 Å². The fourth-order valence-electron chi connectivity index (χ4n) is 1.25. The number of phenolic OH excluding ortho intramolecular Hbond substituents is 1. The molecule has 0 aromatic heterocycles. The fourth-order valence-corrected chi connectivity index (χ4v) is 2.14. The van der Waals surface area contributed by atoms with Crippen LogP contribution in [-0.4, -0.2) is 23.1 Å². The summed E-state index contributed by atoms with van der Waals surface area (Å²) in [6.45, 7) is 2.84. The number of aliphatic hydroxyl groups is 1. The molecule has 0 saturated heterocycles. The third-order valence-electron chi connectivity index (χ3n) is 2.01. The van der Waals surface area contributed by atoms with Crippen molar-refractivity contribution in [3.8, 4) is 11.5 Å². The monoisotopic (exact) mass is 254 g/mol. The van der Waals surface area contributed by atoms with Crippen molar-refractivity contribution in [3.63, 3.8) is 0 Å². The van der Waals surface area contributed by atoms with Crippen LogP contribution in [0, 0.1) is 0 Å². The summed E-state index contributed by atoms with van der Waals surface area (Å²) in [6, 6.07) is 4.58. The Bertz CT molecular complexity index is 462. The third kappa shape index (κ3) is 3.42. The molecule has 0 aliphatic heterocycles. The molecule has 0 saturated carbocycles. The second kappa shape index (κ2) is 5.63. The lowest BCUT2D eigenvalue weighted by atomic mass is 10.3. The van der Waals surface area contributed by atoms with Crippen molar-refractivity contribution in [2.45, 2.75) is 18.7 Å². The van der Waals surface area contributed by atoms with Gasteiger partial charge in [0, 0.05) is 6.07 Å². The van der Waals surface area contributed by atoms with Crippen LogP contribution in [0.4, 0.5) is 0 Å². The summed E-state index contributed by atoms with van der Waals surface area (Å²) in [5.41, 5.74) is 0. The first-order valence-electron chi connectivity index (χ1n) is 4.91. The Balaban J connectivity index is 3.10. The molecule has 0 bridgehead atoms. The topological polar surface area (TPSA) is 66.8 Å². The van der Waals surface area contributed by atoms with Gasteiger partial charge in [-0.1, -0.05) is 11.8 Å². The van der Waals surface area contributed by atoms with Gasteiger partial charge in [-0.25, -0.2) is 0 Å². The molecule has 1 rings (SSSR count). The van der Waals surface area contributed by atoms with E-state index in [4.69, 9.17) is 4.74 Å². The fraction of sp³-hybridized carbons (Fsp3) is 0.250. The summed E-state index contributed by atoms with van der Waals surface area (Å²) in [4.78, 5) is 12.2. The van der Waals surface area contributed by atoms with E-state index < -0.39 is 0 Å². The smallest absolute Gasteiger partial charge is 0.169 e. The average Bonchev–Trinajstić information content (AvgIpc) is 2.26. The molecule has 0 heterocycles. The maximum atomic E-state index is 11.3. The minimum Gasteiger partial charge on any atom is -0.511 e. The number of ketones is 1. The summed E-state index contributed by atoms with van der Waals surface area (Å²) in [6.07, 6.45) is 0. The maximum Gasteiger partial charge on any atom is 0.169 e. The van der Waals surface area contributed by atoms with E-state index in [2.05, 4.69) is 0 Å². The molecule has 0 fully saturated rings. The normalized spacial score (nSPS) is 11.9. The van der Waals surface area contributed by atoms with E-state index in [0.717, 1.165) is 11.8 Å². The van der Waals surface area contributed by atoms with Gasteiger partial charge in [0.2, 0.25) is 0 Å². The van der Waals surface area contributed by atoms with Gasteiger partial charge in [0.15, 0.2) is 5.78 Å². The lowest BCUT2D eigenvalue weighted by Crippen LogP contribution is -1.97. The lowest BCUT2D eigenvalue weighted by molar-refractivity contribution is -0.113. The van der Waals surface area contributed by atoms with Crippen molar-refractivity contribution in [1.29, 1.82) is 0 Å². The van der Waals surface area contributed by atoms with Gasteiger partial charge >= 0.3 is 0 Å². The van der Waals surface area contributed by atoms with Gasteiger partial charge in [-0.2, -0.15) is 0 Å². The molecule has 5 heteroatoms. The van der Waals surface area contributed by atoms with Crippen LogP contribution in [0.5, 0.6) is 11.5 Å². The van der Waals surface area contributed by atoms with Gasteiger partial charge in [-0.15, -0.1) is 0 Å². The Hall–Kier alpha value is -1.62. The van der Waals surface area contributed by atoms with Gasteiger partial charge in [0.25, 0.3) is 0 Å². The number of aromatic hydroxyl groups is 1. The zero-order valence-corrected chi connectivity index (χ0v) is 10.7. The van der Waals surface area contributed by atoms with Crippen LogP contribution in [0.25, 0.3) is 0 Å². The first kappa shape index (κ1) is 13.4. The van der Waals surface area contributed by atoms with Crippen molar-refractivity contribution in [1.82, 2.24) is 0 Å². The van der Waals surface area contributed by atoms with Crippen LogP contribution in [0.2, 0.25) is 0 Å². The number of aliphatic hydroxyl groups excluding tert-OH is 1. The number of rotatable bonds is 4. The quantitative estimate of drug-likeness (QED) is 0.491. The predicted octanol–water partition coefficient (Wildman–Crippen LogP) is 2.87. The Morgan fingerprint density at radius 1 is 1.35 bits per heavy atom. The minimum atomic E-state index is -0.217. The van der Waals surface area contributed by atoms with E-state index >= 15 is 0 Å². The van der Waals surface area contributed by atoms with Gasteiger partial charge in [0.05, 0.1) is 16.9 Å². The Morgan fingerprint density at radius 3 is 2.47 bits per heavy atom. The molecule has 0 radical (unpaired) electrons. The number of ether oxygens (including phenoxy) is 1. The third-order valence-corrected chi connectivity index (χ3v) is 3.35. The highest BCUT2D eigenvalue weighted by Crippen LogP contribution is 2.37. The number of carbonyl (C=O) groups excluding carboxylic acids is 1. The summed E-state index contributed by atoms with van der Waals surface area (Å²) < 4.78 is 5.09. The van der Waals surface area contributed by atoms with Crippen LogP contribution in [0.15, 0.2) is 33.8 Å². The van der Waals surface area contributed by atoms with Gasteiger partial charge < -0.3 is 14.9 Å². The van der Waals surface area contributed by atoms with E-state index in [1.165, 1.54) is 33.1 Å². The van der Waals surface area contributed by atoms with Gasteiger partial charge in [-0.05, 0) is 26.0 Å². The molecule has 1 aromatic carbocycles. The number of phenols is 1. The number of allylic oxidation sites excluding steroid dienone is 2. The molecule has 0 spiro atoms. The average molecular weight is 254 g/mol. The number of benzene rings is 1. The molecule has 4 nitrogen and oxygen atoms in total. The van der Waals surface area contributed by atoms with Crippen LogP contribution in [0.3, 0.4) is 0 Å². The van der Waals surface area contributed by atoms with Crippen molar-refractivity contribution in [2.75, 3.05) is 7.11 Å². The maximum absolute atomic E-state index is 11.3. The first-order chi connectivity index (χ1) is 7.95. The van der Waals surface area contributed by atoms with E-state index in [9.17, 15) is 15.0 Å². The number of Topliss-reactive ketones (excluding diaryl/α,β-unsaturated/α-hetero) is 1. The number of thioether (sulfide) groups is 1. The first-order valence-corrected chi connectivity index (χ1v) is 5.73. The highest BCUT2D eigenvalue weighted by Gasteiger charge is 2.13. The molecular formula is C12H14O4S. The van der Waals surface area contributed by atoms with Crippen LogP contribution in [-0.2, 0) is 4.79 Å². The molecule has 0 atom stereocenters. The van der Waals surface area contributed by atoms with E-state index in [1.54, 1.807) is 6.07 Å². The number of carbonyl (C=O) groups is 1. The molecule has 2 N–H and O–H groups in total. The number of hydrogen-bond donors (Lipinski definition) is 2. The predicted molar refractivity (Wildman–Crippen MR) is 66.5 cm³/mol. The Morgan fingerprint density at radius 2 is 2.00 bits per heavy atom. The van der Waals surface area contributed by atoms with Crippen LogP contribution in [0.1, 0.15) is 13.8 Å². The highest BCUT2D eigenvalue weighted by molar-refractivity contribution is 8.04. The summed E-state index contributed by atoms with van der Waals surface area (Å²) in [7, 11) is 1.47. The Labute approximate surface area is 104 Å². The molecule has 0 aliphatic rings. The molecular weight excluding hydrogens is 240 g/mol. The largest absolute Gasteiger partial charge is 0.511 e. The summed E-state index contributed by atoms with van der Waals surface area (Å²) in [5.74, 6) is 0.290. The standard InChI is InChI=1S/C12H14O4S/c1-7(13)12(8(2)14)17-11-5-4-9(15)6-10(11)16-3/h4-6,13,15H,1-3H3/b12-7+. The van der Waals surface area contributed by atoms with Crippen molar-refractivity contribution in [2.24, 2.45) is 0 Å². The van der Waals surface area contributed by atoms with Gasteiger partial charge in [0.1, 0.15) is 17.3 Å². The molecule has 0 aliphatic carbocycles. The zero-order chi connectivity index (χ0) is 13.0. The number of methoxy groups -OCH3 is 1. The number of hydrogen-bond acceptors (Lipinski definition) is 5. The summed E-state index contributed by atoms with van der Waals surface area (Å²) >= 11 is 1.11. The minimum absolute atomic E-state index is 0.0300.